The van der Waals surface area contributed by atoms with E-state index in [4.69, 9.17) is 4.74 Å². The predicted octanol–water partition coefficient (Wildman–Crippen LogP) is 0.317. The highest BCUT2D eigenvalue weighted by atomic mass is 16.5. The minimum absolute atomic E-state index is 0.0281. The highest BCUT2D eigenvalue weighted by Gasteiger charge is 2.33. The van der Waals surface area contributed by atoms with Gasteiger partial charge in [0.05, 0.1) is 24.2 Å². The molecule has 1 atom stereocenters. The lowest BCUT2D eigenvalue weighted by atomic mass is 10.00. The molecule has 7 nitrogen and oxygen atoms in total. The van der Waals surface area contributed by atoms with Crippen LogP contribution in [-0.4, -0.2) is 71.1 Å². The van der Waals surface area contributed by atoms with Gasteiger partial charge in [0.25, 0.3) is 0 Å². The molecule has 0 aliphatic carbocycles. The van der Waals surface area contributed by atoms with Gasteiger partial charge in [-0.3, -0.25) is 4.57 Å². The summed E-state index contributed by atoms with van der Waals surface area (Å²) >= 11 is 0. The van der Waals surface area contributed by atoms with Gasteiger partial charge >= 0.3 is 5.69 Å². The van der Waals surface area contributed by atoms with Gasteiger partial charge < -0.3 is 25.0 Å². The number of piperidine rings is 1. The minimum atomic E-state index is -0.832. The maximum Gasteiger partial charge on any atom is 0.326 e. The quantitative estimate of drug-likeness (QED) is 0.746. The zero-order chi connectivity index (χ0) is 17.3. The molecule has 0 saturated carbocycles. The number of hydrogen-bond donors (Lipinski definition) is 3. The second-order valence-corrected chi connectivity index (χ2v) is 7.28. The highest BCUT2D eigenvalue weighted by Crippen LogP contribution is 2.25. The zero-order valence-electron chi connectivity index (χ0n) is 14.4. The Labute approximate surface area is 146 Å². The lowest BCUT2D eigenvalue weighted by Crippen LogP contribution is -2.53. The first-order valence-corrected chi connectivity index (χ1v) is 9.07. The number of imidazole rings is 1. The van der Waals surface area contributed by atoms with Crippen LogP contribution >= 0.6 is 0 Å². The molecule has 1 unspecified atom stereocenters. The molecule has 2 aliphatic rings. The van der Waals surface area contributed by atoms with E-state index in [1.165, 1.54) is 0 Å². The molecule has 4 rings (SSSR count). The van der Waals surface area contributed by atoms with Gasteiger partial charge in [-0.25, -0.2) is 4.79 Å². The normalized spacial score (nSPS) is 26.8. The van der Waals surface area contributed by atoms with Crippen LogP contribution in [-0.2, 0) is 4.74 Å². The third kappa shape index (κ3) is 3.50. The number of ether oxygens (including phenoxy) is 1. The SMILES string of the molecule is O=c1[nH]c2ccccc2n1C1CCN(CC2(O)CNCCOC2)CC1. The van der Waals surface area contributed by atoms with Crippen molar-refractivity contribution in [1.29, 1.82) is 0 Å². The molecule has 136 valence electrons. The maximum atomic E-state index is 12.4. The Morgan fingerprint density at radius 3 is 2.92 bits per heavy atom. The van der Waals surface area contributed by atoms with Gasteiger partial charge in [0.2, 0.25) is 0 Å². The first kappa shape index (κ1) is 16.8. The summed E-state index contributed by atoms with van der Waals surface area (Å²) in [4.78, 5) is 17.6. The largest absolute Gasteiger partial charge is 0.385 e. The minimum Gasteiger partial charge on any atom is -0.385 e. The van der Waals surface area contributed by atoms with Crippen LogP contribution in [0.3, 0.4) is 0 Å². The van der Waals surface area contributed by atoms with Crippen molar-refractivity contribution in [3.05, 3.63) is 34.7 Å². The number of fused-ring (bicyclic) bond motifs is 1. The fraction of sp³-hybridized carbons (Fsp3) is 0.611. The highest BCUT2D eigenvalue weighted by molar-refractivity contribution is 5.75. The van der Waals surface area contributed by atoms with E-state index in [9.17, 15) is 9.90 Å². The monoisotopic (exact) mass is 346 g/mol. The molecule has 2 aliphatic heterocycles. The summed E-state index contributed by atoms with van der Waals surface area (Å²) in [5.41, 5.74) is 1.01. The van der Waals surface area contributed by atoms with Crippen molar-refractivity contribution in [2.24, 2.45) is 0 Å². The molecule has 0 spiro atoms. The Kier molecular flexibility index (Phi) is 4.64. The number of benzene rings is 1. The predicted molar refractivity (Wildman–Crippen MR) is 95.9 cm³/mol. The van der Waals surface area contributed by atoms with Gasteiger partial charge in [-0.2, -0.15) is 0 Å². The van der Waals surface area contributed by atoms with E-state index in [2.05, 4.69) is 15.2 Å². The Morgan fingerprint density at radius 2 is 2.08 bits per heavy atom. The van der Waals surface area contributed by atoms with Crippen LogP contribution in [0.5, 0.6) is 0 Å². The van der Waals surface area contributed by atoms with Crippen LogP contribution in [0.1, 0.15) is 18.9 Å². The summed E-state index contributed by atoms with van der Waals surface area (Å²) in [5.74, 6) is 0. The molecule has 0 bridgehead atoms. The number of rotatable bonds is 3. The van der Waals surface area contributed by atoms with E-state index in [0.29, 0.717) is 26.3 Å². The van der Waals surface area contributed by atoms with Gasteiger partial charge in [-0.1, -0.05) is 12.1 Å². The summed E-state index contributed by atoms with van der Waals surface area (Å²) in [6.45, 7) is 4.73. The van der Waals surface area contributed by atoms with Crippen LogP contribution in [0.15, 0.2) is 29.1 Å². The van der Waals surface area contributed by atoms with Crippen molar-refractivity contribution in [3.8, 4) is 0 Å². The molecule has 3 heterocycles. The van der Waals surface area contributed by atoms with Crippen molar-refractivity contribution >= 4 is 11.0 Å². The molecule has 1 aromatic heterocycles. The van der Waals surface area contributed by atoms with E-state index in [1.54, 1.807) is 0 Å². The molecule has 2 fully saturated rings. The number of hydrogen-bond acceptors (Lipinski definition) is 5. The number of nitrogens with one attached hydrogen (secondary N) is 2. The second-order valence-electron chi connectivity index (χ2n) is 7.28. The molecule has 25 heavy (non-hydrogen) atoms. The summed E-state index contributed by atoms with van der Waals surface area (Å²) < 4.78 is 7.41. The first-order valence-electron chi connectivity index (χ1n) is 9.07. The molecule has 0 radical (unpaired) electrons. The molecule has 3 N–H and O–H groups in total. The molecular weight excluding hydrogens is 320 g/mol. The average molecular weight is 346 g/mol. The lowest BCUT2D eigenvalue weighted by Gasteiger charge is -2.37. The number of para-hydroxylation sites is 2. The van der Waals surface area contributed by atoms with Crippen LogP contribution in [0.4, 0.5) is 0 Å². The molecule has 0 amide bonds. The maximum absolute atomic E-state index is 12.4. The second kappa shape index (κ2) is 6.92. The van der Waals surface area contributed by atoms with Crippen LogP contribution in [0.2, 0.25) is 0 Å². The van der Waals surface area contributed by atoms with E-state index in [-0.39, 0.29) is 11.7 Å². The van der Waals surface area contributed by atoms with E-state index >= 15 is 0 Å². The fourth-order valence-electron chi connectivity index (χ4n) is 4.07. The zero-order valence-corrected chi connectivity index (χ0v) is 14.4. The Balaban J connectivity index is 1.43. The van der Waals surface area contributed by atoms with Crippen LogP contribution < -0.4 is 11.0 Å². The van der Waals surface area contributed by atoms with Crippen molar-refractivity contribution in [3.63, 3.8) is 0 Å². The summed E-state index contributed by atoms with van der Waals surface area (Å²) in [5, 5.41) is 14.0. The van der Waals surface area contributed by atoms with Crippen molar-refractivity contribution in [1.82, 2.24) is 19.8 Å². The average Bonchev–Trinajstić information content (AvgIpc) is 2.79. The third-order valence-electron chi connectivity index (χ3n) is 5.31. The summed E-state index contributed by atoms with van der Waals surface area (Å²) in [6, 6.07) is 8.05. The number of nitrogens with zero attached hydrogens (tertiary/aromatic N) is 2. The van der Waals surface area contributed by atoms with Gasteiger partial charge in [0.1, 0.15) is 5.60 Å². The van der Waals surface area contributed by atoms with Gasteiger partial charge in [-0.15, -0.1) is 0 Å². The number of likely N-dealkylation sites (tertiary alicyclic amines) is 1. The van der Waals surface area contributed by atoms with Gasteiger partial charge in [0, 0.05) is 38.8 Å². The number of H-pyrrole nitrogens is 1. The molecule has 1 aromatic carbocycles. The number of aliphatic hydroxyl groups is 1. The number of aromatic amines is 1. The topological polar surface area (TPSA) is 82.5 Å². The van der Waals surface area contributed by atoms with Crippen LogP contribution in [0.25, 0.3) is 11.0 Å². The summed E-state index contributed by atoms with van der Waals surface area (Å²) in [6.07, 6.45) is 1.82. The summed E-state index contributed by atoms with van der Waals surface area (Å²) in [7, 11) is 0. The van der Waals surface area contributed by atoms with E-state index in [0.717, 1.165) is 43.5 Å². The van der Waals surface area contributed by atoms with Gasteiger partial charge in [0.15, 0.2) is 0 Å². The van der Waals surface area contributed by atoms with E-state index < -0.39 is 5.60 Å². The molecule has 7 heteroatoms. The number of aromatic nitrogens is 2. The molecule has 2 aromatic rings. The van der Waals surface area contributed by atoms with Crippen LogP contribution in [0, 0.1) is 0 Å². The standard InChI is InChI=1S/C18H26N4O3/c23-17-20-15-3-1-2-4-16(15)22(17)14-5-8-21(9-6-14)12-18(24)11-19-7-10-25-13-18/h1-4,14,19,24H,5-13H2,(H,20,23). The van der Waals surface area contributed by atoms with Crippen molar-refractivity contribution in [2.45, 2.75) is 24.5 Å². The Hall–Kier alpha value is -1.67. The smallest absolute Gasteiger partial charge is 0.326 e. The van der Waals surface area contributed by atoms with Gasteiger partial charge in [-0.05, 0) is 25.0 Å². The van der Waals surface area contributed by atoms with Crippen molar-refractivity contribution in [2.75, 3.05) is 45.9 Å². The van der Waals surface area contributed by atoms with Crippen molar-refractivity contribution < 1.29 is 9.84 Å². The molecular formula is C18H26N4O3. The Bertz CT molecular complexity index is 768. The van der Waals surface area contributed by atoms with E-state index in [1.807, 2.05) is 28.8 Å². The first-order chi connectivity index (χ1) is 12.1. The third-order valence-corrected chi connectivity index (χ3v) is 5.31. The Morgan fingerprint density at radius 1 is 1.28 bits per heavy atom. The fourth-order valence-corrected chi connectivity index (χ4v) is 4.07. The lowest BCUT2D eigenvalue weighted by molar-refractivity contribution is -0.0530. The number of β-amino-alcohol motifs (C(OH)–C–C–N with tert-alkyl or cyclic N) is 1. The molecule has 2 saturated heterocycles.